The zero-order chi connectivity index (χ0) is 13.1. The van der Waals surface area contributed by atoms with E-state index in [1.807, 2.05) is 0 Å². The Labute approximate surface area is 106 Å². The summed E-state index contributed by atoms with van der Waals surface area (Å²) in [6.07, 6.45) is 3.38. The first-order valence-corrected chi connectivity index (χ1v) is 6.07. The molecule has 0 aliphatic heterocycles. The van der Waals surface area contributed by atoms with Crippen molar-refractivity contribution in [2.45, 2.75) is 39.7 Å². The van der Waals surface area contributed by atoms with Crippen molar-refractivity contribution in [1.29, 1.82) is 0 Å². The van der Waals surface area contributed by atoms with E-state index in [-0.39, 0.29) is 12.1 Å². The van der Waals surface area contributed by atoms with Crippen molar-refractivity contribution in [3.8, 4) is 17.9 Å². The molecule has 0 saturated heterocycles. The average molecular weight is 244 g/mol. The minimum Gasteiger partial charge on any atom is -0.480 e. The Kier molecular flexibility index (Phi) is 3.47. The van der Waals surface area contributed by atoms with E-state index in [0.717, 1.165) is 12.8 Å². The molecule has 94 valence electrons. The second-order valence-electron chi connectivity index (χ2n) is 4.03. The normalized spacial score (nSPS) is 10.7. The van der Waals surface area contributed by atoms with Gasteiger partial charge in [0.1, 0.15) is 5.69 Å². The molecule has 0 spiro atoms. The van der Waals surface area contributed by atoms with Crippen LogP contribution < -0.4 is 0 Å². The van der Waals surface area contributed by atoms with Gasteiger partial charge in [0.15, 0.2) is 5.65 Å². The molecule has 2 rings (SSSR count). The summed E-state index contributed by atoms with van der Waals surface area (Å²) in [4.78, 5) is 12.6. The Hall–Kier alpha value is -2.09. The highest BCUT2D eigenvalue weighted by molar-refractivity contribution is 5.68. The molecule has 0 radical (unpaired) electrons. The Bertz CT molecular complexity index is 617. The van der Waals surface area contributed by atoms with Crippen LogP contribution in [-0.4, -0.2) is 24.6 Å². The molecule has 18 heavy (non-hydrogen) atoms. The fourth-order valence-electron chi connectivity index (χ4n) is 2.04. The third kappa shape index (κ3) is 2.02. The molecular weight excluding hydrogens is 228 g/mol. The van der Waals surface area contributed by atoms with Crippen molar-refractivity contribution in [3.05, 3.63) is 11.9 Å². The van der Waals surface area contributed by atoms with Crippen LogP contribution in [0, 0.1) is 11.8 Å². The SMILES string of the molecule is CC#Cc1cnc2nc(O)n(C(CC)CC)c2n1. The lowest BCUT2D eigenvalue weighted by atomic mass is 10.2. The van der Waals surface area contributed by atoms with Gasteiger partial charge in [0.25, 0.3) is 6.01 Å². The zero-order valence-electron chi connectivity index (χ0n) is 10.8. The van der Waals surface area contributed by atoms with E-state index >= 15 is 0 Å². The molecule has 0 fully saturated rings. The van der Waals surface area contributed by atoms with Crippen LogP contribution in [0.5, 0.6) is 6.01 Å². The molecule has 0 unspecified atom stereocenters. The van der Waals surface area contributed by atoms with Gasteiger partial charge in [-0.2, -0.15) is 4.98 Å². The van der Waals surface area contributed by atoms with Gasteiger partial charge in [-0.25, -0.2) is 9.97 Å². The minimum absolute atomic E-state index is 0.0275. The molecular formula is C13H16N4O. The van der Waals surface area contributed by atoms with Crippen LogP contribution >= 0.6 is 0 Å². The lowest BCUT2D eigenvalue weighted by molar-refractivity contribution is 0.360. The Morgan fingerprint density at radius 1 is 1.33 bits per heavy atom. The van der Waals surface area contributed by atoms with Crippen molar-refractivity contribution >= 4 is 11.3 Å². The maximum absolute atomic E-state index is 9.92. The van der Waals surface area contributed by atoms with Gasteiger partial charge < -0.3 is 5.11 Å². The molecule has 2 heterocycles. The fourth-order valence-corrected chi connectivity index (χ4v) is 2.04. The van der Waals surface area contributed by atoms with Crippen LogP contribution in [0.3, 0.4) is 0 Å². The smallest absolute Gasteiger partial charge is 0.297 e. The maximum Gasteiger partial charge on any atom is 0.297 e. The second kappa shape index (κ2) is 5.05. The van der Waals surface area contributed by atoms with Crippen LogP contribution in [0.4, 0.5) is 0 Å². The molecule has 2 aromatic heterocycles. The summed E-state index contributed by atoms with van der Waals surface area (Å²) < 4.78 is 1.74. The lowest BCUT2D eigenvalue weighted by Gasteiger charge is -2.15. The average Bonchev–Trinajstić information content (AvgIpc) is 2.68. The number of aromatic nitrogens is 4. The predicted molar refractivity (Wildman–Crippen MR) is 69.2 cm³/mol. The summed E-state index contributed by atoms with van der Waals surface area (Å²) in [5.41, 5.74) is 1.65. The van der Waals surface area contributed by atoms with Gasteiger partial charge in [0, 0.05) is 6.04 Å². The largest absolute Gasteiger partial charge is 0.480 e. The minimum atomic E-state index is -0.0275. The summed E-state index contributed by atoms with van der Waals surface area (Å²) >= 11 is 0. The second-order valence-corrected chi connectivity index (χ2v) is 4.03. The van der Waals surface area contributed by atoms with E-state index in [4.69, 9.17) is 0 Å². The number of aromatic hydroxyl groups is 1. The number of nitrogens with zero attached hydrogens (tertiary/aromatic N) is 4. The summed E-state index contributed by atoms with van der Waals surface area (Å²) in [7, 11) is 0. The summed E-state index contributed by atoms with van der Waals surface area (Å²) in [5, 5.41) is 9.92. The number of hydrogen-bond donors (Lipinski definition) is 1. The summed E-state index contributed by atoms with van der Waals surface area (Å²) in [5.74, 6) is 5.65. The van der Waals surface area contributed by atoms with E-state index in [0.29, 0.717) is 17.0 Å². The third-order valence-corrected chi connectivity index (χ3v) is 2.95. The van der Waals surface area contributed by atoms with Crippen molar-refractivity contribution < 1.29 is 5.11 Å². The van der Waals surface area contributed by atoms with Gasteiger partial charge in [0.05, 0.1) is 6.20 Å². The van der Waals surface area contributed by atoms with Crippen molar-refractivity contribution in [1.82, 2.24) is 19.5 Å². The molecule has 0 aliphatic rings. The summed E-state index contributed by atoms with van der Waals surface area (Å²) in [6, 6.07) is 0.148. The molecule has 0 atom stereocenters. The van der Waals surface area contributed by atoms with E-state index in [1.54, 1.807) is 17.7 Å². The Morgan fingerprint density at radius 3 is 2.67 bits per heavy atom. The molecule has 5 heteroatoms. The lowest BCUT2D eigenvalue weighted by Crippen LogP contribution is -2.07. The number of fused-ring (bicyclic) bond motifs is 1. The van der Waals surface area contributed by atoms with Crippen LogP contribution in [0.15, 0.2) is 6.20 Å². The van der Waals surface area contributed by atoms with E-state index in [9.17, 15) is 5.11 Å². The zero-order valence-corrected chi connectivity index (χ0v) is 10.8. The first-order chi connectivity index (χ1) is 8.71. The van der Waals surface area contributed by atoms with Gasteiger partial charge in [-0.3, -0.25) is 4.57 Å². The molecule has 0 amide bonds. The Morgan fingerprint density at radius 2 is 2.06 bits per heavy atom. The van der Waals surface area contributed by atoms with Crippen LogP contribution in [0.1, 0.15) is 45.3 Å². The number of imidazole rings is 1. The first-order valence-electron chi connectivity index (χ1n) is 6.07. The van der Waals surface area contributed by atoms with Gasteiger partial charge >= 0.3 is 0 Å². The highest BCUT2D eigenvalue weighted by Crippen LogP contribution is 2.26. The van der Waals surface area contributed by atoms with Crippen molar-refractivity contribution in [3.63, 3.8) is 0 Å². The van der Waals surface area contributed by atoms with E-state index in [2.05, 4.69) is 40.6 Å². The van der Waals surface area contributed by atoms with Gasteiger partial charge in [-0.05, 0) is 25.7 Å². The molecule has 0 saturated carbocycles. The summed E-state index contributed by atoms with van der Waals surface area (Å²) in [6.45, 7) is 5.90. The van der Waals surface area contributed by atoms with Crippen LogP contribution in [0.25, 0.3) is 11.3 Å². The van der Waals surface area contributed by atoms with Crippen molar-refractivity contribution in [2.75, 3.05) is 0 Å². The third-order valence-electron chi connectivity index (χ3n) is 2.95. The first kappa shape index (κ1) is 12.4. The standard InChI is InChI=1S/C13H16N4O/c1-4-7-9-8-14-11-12(15-9)17(13(18)16-11)10(5-2)6-3/h8,10H,5-6H2,1-3H3,(H,14,16,18). The van der Waals surface area contributed by atoms with Crippen LogP contribution in [-0.2, 0) is 0 Å². The topological polar surface area (TPSA) is 63.8 Å². The quantitative estimate of drug-likeness (QED) is 0.841. The predicted octanol–water partition coefficient (Wildman–Crippen LogP) is 2.26. The number of rotatable bonds is 3. The molecule has 0 aromatic carbocycles. The highest BCUT2D eigenvalue weighted by atomic mass is 16.3. The van der Waals surface area contributed by atoms with E-state index < -0.39 is 0 Å². The van der Waals surface area contributed by atoms with Crippen LogP contribution in [0.2, 0.25) is 0 Å². The fraction of sp³-hybridized carbons (Fsp3) is 0.462. The van der Waals surface area contributed by atoms with E-state index in [1.165, 1.54) is 0 Å². The molecule has 2 aromatic rings. The molecule has 0 bridgehead atoms. The molecule has 1 N–H and O–H groups in total. The Balaban J connectivity index is 2.65. The molecule has 5 nitrogen and oxygen atoms in total. The maximum atomic E-state index is 9.92. The highest BCUT2D eigenvalue weighted by Gasteiger charge is 2.18. The van der Waals surface area contributed by atoms with Gasteiger partial charge in [0.2, 0.25) is 5.65 Å². The van der Waals surface area contributed by atoms with Gasteiger partial charge in [-0.1, -0.05) is 19.8 Å². The van der Waals surface area contributed by atoms with Gasteiger partial charge in [-0.15, -0.1) is 0 Å². The monoisotopic (exact) mass is 244 g/mol. The number of hydrogen-bond acceptors (Lipinski definition) is 4. The molecule has 0 aliphatic carbocycles. The van der Waals surface area contributed by atoms with Crippen molar-refractivity contribution in [2.24, 2.45) is 0 Å².